The summed E-state index contributed by atoms with van der Waals surface area (Å²) in [5.74, 6) is -1.73. The van der Waals surface area contributed by atoms with Gasteiger partial charge in [-0.15, -0.1) is 0 Å². The highest BCUT2D eigenvalue weighted by Gasteiger charge is 2.64. The fourth-order valence-corrected chi connectivity index (χ4v) is 6.51. The number of nitrogens with zero attached hydrogens (tertiary/aromatic N) is 1. The van der Waals surface area contributed by atoms with Gasteiger partial charge in [-0.1, -0.05) is 18.2 Å². The Morgan fingerprint density at radius 3 is 2.50 bits per heavy atom. The van der Waals surface area contributed by atoms with E-state index in [-0.39, 0.29) is 16.7 Å². The van der Waals surface area contributed by atoms with Crippen molar-refractivity contribution in [1.82, 2.24) is 9.88 Å². The third-order valence-corrected chi connectivity index (χ3v) is 7.97. The van der Waals surface area contributed by atoms with Gasteiger partial charge in [0.25, 0.3) is 0 Å². The summed E-state index contributed by atoms with van der Waals surface area (Å²) in [5, 5.41) is 9.97. The SMILES string of the molecule is B[C@@]1(c2c(F)cc(/C=C/C(=O)O)cc2F)c2[nH]c3ccccc3c2CCN1C12CC(C1)C2. The number of carboxylic acid groups (broad SMARTS) is 1. The Morgan fingerprint density at radius 1 is 1.19 bits per heavy atom. The maximum absolute atomic E-state index is 15.6. The van der Waals surface area contributed by atoms with Crippen LogP contribution in [0.3, 0.4) is 0 Å². The van der Waals surface area contributed by atoms with Gasteiger partial charge in [-0.05, 0) is 67.0 Å². The number of nitrogens with one attached hydrogen (secondary N) is 1. The van der Waals surface area contributed by atoms with E-state index in [2.05, 4.69) is 16.0 Å². The lowest BCUT2D eigenvalue weighted by Crippen LogP contribution is -2.74. The van der Waals surface area contributed by atoms with E-state index in [0.717, 1.165) is 66.4 Å². The van der Waals surface area contributed by atoms with Crippen LogP contribution in [0, 0.1) is 17.6 Å². The first kappa shape index (κ1) is 19.7. The van der Waals surface area contributed by atoms with Crippen molar-refractivity contribution in [2.24, 2.45) is 5.92 Å². The second kappa shape index (κ2) is 6.55. The molecule has 2 bridgehead atoms. The predicted octanol–water partition coefficient (Wildman–Crippen LogP) is 3.79. The minimum Gasteiger partial charge on any atom is -0.478 e. The summed E-state index contributed by atoms with van der Waals surface area (Å²) in [7, 11) is 1.94. The molecule has 1 aliphatic heterocycles. The number of aliphatic carboxylic acids is 1. The van der Waals surface area contributed by atoms with E-state index in [1.165, 1.54) is 18.2 Å². The summed E-state index contributed by atoms with van der Waals surface area (Å²) in [6, 6.07) is 10.5. The zero-order valence-electron chi connectivity index (χ0n) is 17.8. The van der Waals surface area contributed by atoms with Crippen molar-refractivity contribution in [3.63, 3.8) is 0 Å². The van der Waals surface area contributed by atoms with Gasteiger partial charge in [0.2, 0.25) is 0 Å². The molecule has 0 amide bonds. The number of halogens is 2. The van der Waals surface area contributed by atoms with Gasteiger partial charge in [-0.3, -0.25) is 4.90 Å². The van der Waals surface area contributed by atoms with Crippen molar-refractivity contribution in [2.75, 3.05) is 6.54 Å². The van der Waals surface area contributed by atoms with Crippen molar-refractivity contribution in [3.8, 4) is 0 Å². The minimum atomic E-state index is -1.16. The van der Waals surface area contributed by atoms with Gasteiger partial charge in [0.05, 0.1) is 5.44 Å². The van der Waals surface area contributed by atoms with Crippen molar-refractivity contribution in [2.45, 2.75) is 36.7 Å². The van der Waals surface area contributed by atoms with E-state index >= 15 is 8.78 Å². The van der Waals surface area contributed by atoms with Crippen LogP contribution in [-0.2, 0) is 16.7 Å². The van der Waals surface area contributed by atoms with Crippen LogP contribution in [0.25, 0.3) is 17.0 Å². The average molecular weight is 432 g/mol. The summed E-state index contributed by atoms with van der Waals surface area (Å²) >= 11 is 0. The van der Waals surface area contributed by atoms with Crippen molar-refractivity contribution >= 4 is 30.8 Å². The molecular weight excluding hydrogens is 409 g/mol. The van der Waals surface area contributed by atoms with Crippen LogP contribution < -0.4 is 0 Å². The number of hydrogen-bond acceptors (Lipinski definition) is 2. The molecule has 3 fully saturated rings. The topological polar surface area (TPSA) is 56.3 Å². The highest BCUT2D eigenvalue weighted by molar-refractivity contribution is 6.18. The van der Waals surface area contributed by atoms with Crippen LogP contribution in [0.1, 0.15) is 41.6 Å². The molecule has 0 saturated heterocycles. The maximum Gasteiger partial charge on any atom is 0.328 e. The second-order valence-corrected chi connectivity index (χ2v) is 9.73. The van der Waals surface area contributed by atoms with Crippen molar-refractivity contribution < 1.29 is 18.7 Å². The Bertz CT molecular complexity index is 1280. The maximum atomic E-state index is 15.6. The molecule has 3 saturated carbocycles. The summed E-state index contributed by atoms with van der Waals surface area (Å²) in [5.41, 5.74) is 2.21. The van der Waals surface area contributed by atoms with Gasteiger partial charge in [-0.2, -0.15) is 0 Å². The number of rotatable bonds is 4. The molecule has 0 radical (unpaired) electrons. The van der Waals surface area contributed by atoms with E-state index in [4.69, 9.17) is 5.11 Å². The summed E-state index contributed by atoms with van der Waals surface area (Å²) in [6.07, 6.45) is 6.20. The van der Waals surface area contributed by atoms with Gasteiger partial charge >= 0.3 is 5.97 Å². The third kappa shape index (κ3) is 2.54. The molecule has 2 aromatic carbocycles. The zero-order chi connectivity index (χ0) is 22.3. The largest absolute Gasteiger partial charge is 0.478 e. The summed E-state index contributed by atoms with van der Waals surface area (Å²) < 4.78 is 31.3. The van der Waals surface area contributed by atoms with E-state index < -0.39 is 23.0 Å². The molecule has 7 heteroatoms. The molecule has 3 aliphatic carbocycles. The Kier molecular flexibility index (Phi) is 4.04. The lowest BCUT2D eigenvalue weighted by molar-refractivity contribution is -0.168. The molecule has 1 aromatic heterocycles. The molecular formula is C25H23BF2N2O2. The van der Waals surface area contributed by atoms with Crippen LogP contribution >= 0.6 is 0 Å². The fourth-order valence-electron chi connectivity index (χ4n) is 6.51. The molecule has 0 spiro atoms. The van der Waals surface area contributed by atoms with Crippen LogP contribution in [0.4, 0.5) is 8.78 Å². The first-order valence-electron chi connectivity index (χ1n) is 11.1. The number of H-pyrrole nitrogens is 1. The fraction of sp³-hybridized carbons (Fsp3) is 0.320. The number of fused-ring (bicyclic) bond motifs is 3. The zero-order valence-corrected chi connectivity index (χ0v) is 17.8. The molecule has 32 heavy (non-hydrogen) atoms. The first-order chi connectivity index (χ1) is 15.3. The molecule has 1 atom stereocenters. The van der Waals surface area contributed by atoms with Gasteiger partial charge < -0.3 is 10.1 Å². The Balaban J connectivity index is 1.57. The predicted molar refractivity (Wildman–Crippen MR) is 121 cm³/mol. The number of benzene rings is 2. The van der Waals surface area contributed by atoms with Gasteiger partial charge in [0.1, 0.15) is 19.5 Å². The van der Waals surface area contributed by atoms with E-state index in [0.29, 0.717) is 0 Å². The lowest BCUT2D eigenvalue weighted by atomic mass is 9.46. The quantitative estimate of drug-likeness (QED) is 0.488. The molecule has 162 valence electrons. The molecule has 4 nitrogen and oxygen atoms in total. The Labute approximate surface area is 185 Å². The second-order valence-electron chi connectivity index (χ2n) is 9.73. The van der Waals surface area contributed by atoms with E-state index in [1.54, 1.807) is 0 Å². The Hall–Kier alpha value is -2.93. The standard InChI is InChI=1S/C25H23BF2N2O2/c26-25(22-18(27)9-14(10-19(22)28)5-6-21(31)32)23-17(16-3-1-2-4-20(16)29-23)7-8-30(25)24-11-15(12-24)13-24/h1-6,9-10,15,29H,7-8,11-13,26H2,(H,31,32)/b6-5+/t15?,24?,25-/m1/s1. The molecule has 7 rings (SSSR count). The van der Waals surface area contributed by atoms with Crippen LogP contribution in [0.15, 0.2) is 42.5 Å². The third-order valence-electron chi connectivity index (χ3n) is 7.97. The lowest BCUT2D eigenvalue weighted by Gasteiger charge is -2.71. The van der Waals surface area contributed by atoms with Crippen LogP contribution in [0.2, 0.25) is 0 Å². The molecule has 0 unspecified atom stereocenters. The molecule has 3 aromatic rings. The van der Waals surface area contributed by atoms with Crippen molar-refractivity contribution in [3.05, 3.63) is 76.5 Å². The molecule has 2 heterocycles. The highest BCUT2D eigenvalue weighted by Crippen LogP contribution is 2.64. The molecule has 2 N–H and O–H groups in total. The van der Waals surface area contributed by atoms with E-state index in [1.807, 2.05) is 26.0 Å². The number of carboxylic acids is 1. The van der Waals surface area contributed by atoms with Crippen LogP contribution in [-0.4, -0.2) is 40.9 Å². The van der Waals surface area contributed by atoms with Crippen molar-refractivity contribution in [1.29, 1.82) is 0 Å². The normalized spacial score (nSPS) is 29.0. The number of para-hydroxylation sites is 1. The molecule has 4 aliphatic rings. The summed E-state index contributed by atoms with van der Waals surface area (Å²) in [6.45, 7) is 0.748. The monoisotopic (exact) mass is 432 g/mol. The van der Waals surface area contributed by atoms with E-state index in [9.17, 15) is 4.79 Å². The van der Waals surface area contributed by atoms with Gasteiger partial charge in [0.15, 0.2) is 0 Å². The minimum absolute atomic E-state index is 0.00909. The number of aromatic amines is 1. The summed E-state index contributed by atoms with van der Waals surface area (Å²) in [4.78, 5) is 16.7. The smallest absolute Gasteiger partial charge is 0.328 e. The number of carbonyl (C=O) groups is 1. The highest BCUT2D eigenvalue weighted by atomic mass is 19.1. The first-order valence-corrected chi connectivity index (χ1v) is 11.1. The van der Waals surface area contributed by atoms with Crippen LogP contribution in [0.5, 0.6) is 0 Å². The number of aromatic nitrogens is 1. The Morgan fingerprint density at radius 2 is 1.88 bits per heavy atom. The number of hydrogen-bond donors (Lipinski definition) is 2. The van der Waals surface area contributed by atoms with Gasteiger partial charge in [0, 0.05) is 40.3 Å². The van der Waals surface area contributed by atoms with Gasteiger partial charge in [-0.25, -0.2) is 13.6 Å². The average Bonchev–Trinajstić information content (AvgIpc) is 3.06.